The lowest BCUT2D eigenvalue weighted by Gasteiger charge is -2.01. The third-order valence-corrected chi connectivity index (χ3v) is 2.94. The first-order chi connectivity index (χ1) is 8.72. The zero-order valence-electron chi connectivity index (χ0n) is 9.84. The molecule has 5 heteroatoms. The molecule has 90 valence electrons. The van der Waals surface area contributed by atoms with Gasteiger partial charge in [-0.15, -0.1) is 10.2 Å². The molecule has 3 rings (SSSR count). The Morgan fingerprint density at radius 1 is 1.17 bits per heavy atom. The lowest BCUT2D eigenvalue weighted by atomic mass is 10.1. The van der Waals surface area contributed by atoms with Crippen molar-refractivity contribution in [1.82, 2.24) is 19.8 Å². The maximum atomic E-state index is 5.89. The van der Waals surface area contributed by atoms with Crippen LogP contribution in [0, 0.1) is 6.92 Å². The summed E-state index contributed by atoms with van der Waals surface area (Å²) < 4.78 is 1.69. The molecule has 0 amide bonds. The van der Waals surface area contributed by atoms with Crippen LogP contribution in [0.5, 0.6) is 0 Å². The summed E-state index contributed by atoms with van der Waals surface area (Å²) in [5.41, 5.74) is 3.13. The van der Waals surface area contributed by atoms with Crippen LogP contribution in [0.2, 0.25) is 5.15 Å². The average molecular weight is 259 g/mol. The van der Waals surface area contributed by atoms with Crippen molar-refractivity contribution in [3.8, 4) is 0 Å². The van der Waals surface area contributed by atoms with E-state index in [-0.39, 0.29) is 0 Å². The van der Waals surface area contributed by atoms with Crippen molar-refractivity contribution in [2.45, 2.75) is 13.3 Å². The fraction of sp³-hybridized carbons (Fsp3) is 0.154. The number of rotatable bonds is 2. The van der Waals surface area contributed by atoms with Gasteiger partial charge in [-0.2, -0.15) is 9.61 Å². The van der Waals surface area contributed by atoms with Gasteiger partial charge in [-0.05, 0) is 24.6 Å². The Balaban J connectivity index is 2.02. The van der Waals surface area contributed by atoms with Gasteiger partial charge in [0.15, 0.2) is 11.5 Å². The summed E-state index contributed by atoms with van der Waals surface area (Å²) in [5.74, 6) is 0.790. The van der Waals surface area contributed by atoms with E-state index in [4.69, 9.17) is 11.6 Å². The quantitative estimate of drug-likeness (QED) is 0.710. The van der Waals surface area contributed by atoms with Crippen LogP contribution in [0.15, 0.2) is 36.4 Å². The minimum atomic E-state index is 0.438. The van der Waals surface area contributed by atoms with Gasteiger partial charge in [-0.1, -0.05) is 41.4 Å². The molecule has 0 bridgehead atoms. The first-order valence-electron chi connectivity index (χ1n) is 5.65. The number of hydrogen-bond donors (Lipinski definition) is 0. The normalized spacial score (nSPS) is 11.0. The van der Waals surface area contributed by atoms with Crippen LogP contribution in [-0.2, 0) is 6.42 Å². The first-order valence-corrected chi connectivity index (χ1v) is 6.02. The standard InChI is InChI=1S/C13H11ClN4/c1-9-3-2-4-10(7-9)8-13-16-15-12-6-5-11(14)17-18(12)13/h2-7H,8H2,1H3. The highest BCUT2D eigenvalue weighted by atomic mass is 35.5. The fourth-order valence-electron chi connectivity index (χ4n) is 1.93. The van der Waals surface area contributed by atoms with Crippen LogP contribution in [0.25, 0.3) is 5.65 Å². The number of benzene rings is 1. The maximum absolute atomic E-state index is 5.89. The molecule has 4 nitrogen and oxygen atoms in total. The largest absolute Gasteiger partial charge is 0.196 e. The monoisotopic (exact) mass is 258 g/mol. The predicted molar refractivity (Wildman–Crippen MR) is 69.8 cm³/mol. The highest BCUT2D eigenvalue weighted by Crippen LogP contribution is 2.12. The van der Waals surface area contributed by atoms with E-state index in [1.54, 1.807) is 10.6 Å². The van der Waals surface area contributed by atoms with Gasteiger partial charge >= 0.3 is 0 Å². The summed E-state index contributed by atoms with van der Waals surface area (Å²) in [4.78, 5) is 0. The topological polar surface area (TPSA) is 43.1 Å². The fourth-order valence-corrected chi connectivity index (χ4v) is 2.06. The summed E-state index contributed by atoms with van der Waals surface area (Å²) >= 11 is 5.89. The second kappa shape index (κ2) is 4.38. The average Bonchev–Trinajstić information content (AvgIpc) is 2.72. The van der Waals surface area contributed by atoms with Gasteiger partial charge in [-0.25, -0.2) is 0 Å². The molecule has 0 saturated carbocycles. The number of fused-ring (bicyclic) bond motifs is 1. The van der Waals surface area contributed by atoms with Crippen molar-refractivity contribution in [1.29, 1.82) is 0 Å². The Morgan fingerprint density at radius 3 is 2.89 bits per heavy atom. The molecule has 3 aromatic rings. The lowest BCUT2D eigenvalue weighted by Crippen LogP contribution is -2.00. The Morgan fingerprint density at radius 2 is 2.06 bits per heavy atom. The van der Waals surface area contributed by atoms with Gasteiger partial charge in [0.1, 0.15) is 5.15 Å². The SMILES string of the molecule is Cc1cccc(Cc2nnc3ccc(Cl)nn23)c1. The van der Waals surface area contributed by atoms with Crippen LogP contribution in [0.1, 0.15) is 17.0 Å². The molecule has 2 heterocycles. The molecular formula is C13H11ClN4. The van der Waals surface area contributed by atoms with Crippen LogP contribution in [0.4, 0.5) is 0 Å². The second-order valence-electron chi connectivity index (χ2n) is 4.21. The number of aromatic nitrogens is 4. The Bertz CT molecular complexity index is 705. The molecule has 0 N–H and O–H groups in total. The van der Waals surface area contributed by atoms with Crippen molar-refractivity contribution < 1.29 is 0 Å². The zero-order chi connectivity index (χ0) is 12.5. The Kier molecular flexibility index (Phi) is 2.72. The molecule has 0 radical (unpaired) electrons. The van der Waals surface area contributed by atoms with Crippen molar-refractivity contribution in [2.24, 2.45) is 0 Å². The smallest absolute Gasteiger partial charge is 0.178 e. The molecule has 0 aliphatic rings. The minimum absolute atomic E-state index is 0.438. The van der Waals surface area contributed by atoms with Crippen molar-refractivity contribution in [3.63, 3.8) is 0 Å². The molecule has 18 heavy (non-hydrogen) atoms. The summed E-state index contributed by atoms with van der Waals surface area (Å²) in [6.07, 6.45) is 0.691. The maximum Gasteiger partial charge on any atom is 0.178 e. The second-order valence-corrected chi connectivity index (χ2v) is 4.60. The van der Waals surface area contributed by atoms with E-state index < -0.39 is 0 Å². The number of halogens is 1. The zero-order valence-corrected chi connectivity index (χ0v) is 10.6. The molecule has 2 aromatic heterocycles. The molecule has 0 unspecified atom stereocenters. The van der Waals surface area contributed by atoms with E-state index >= 15 is 0 Å². The summed E-state index contributed by atoms with van der Waals surface area (Å²) in [6, 6.07) is 11.8. The summed E-state index contributed by atoms with van der Waals surface area (Å²) in [6.45, 7) is 2.07. The molecule has 0 saturated heterocycles. The minimum Gasteiger partial charge on any atom is -0.196 e. The predicted octanol–water partition coefficient (Wildman–Crippen LogP) is 2.68. The summed E-state index contributed by atoms with van der Waals surface area (Å²) in [7, 11) is 0. The highest BCUT2D eigenvalue weighted by Gasteiger charge is 2.07. The van der Waals surface area contributed by atoms with Gasteiger partial charge in [-0.3, -0.25) is 0 Å². The third kappa shape index (κ3) is 2.07. The lowest BCUT2D eigenvalue weighted by molar-refractivity contribution is 0.838. The number of hydrogen-bond acceptors (Lipinski definition) is 3. The van der Waals surface area contributed by atoms with Gasteiger partial charge in [0.2, 0.25) is 0 Å². The van der Waals surface area contributed by atoms with E-state index in [1.807, 2.05) is 12.1 Å². The molecule has 0 atom stereocenters. The Hall–Kier alpha value is -1.94. The van der Waals surface area contributed by atoms with E-state index in [9.17, 15) is 0 Å². The van der Waals surface area contributed by atoms with Crippen molar-refractivity contribution in [2.75, 3.05) is 0 Å². The van der Waals surface area contributed by atoms with Crippen LogP contribution in [0.3, 0.4) is 0 Å². The van der Waals surface area contributed by atoms with Crippen LogP contribution < -0.4 is 0 Å². The number of aryl methyl sites for hydroxylation is 1. The molecule has 1 aromatic carbocycles. The van der Waals surface area contributed by atoms with E-state index in [0.717, 1.165) is 5.82 Å². The van der Waals surface area contributed by atoms with Gasteiger partial charge < -0.3 is 0 Å². The first kappa shape index (κ1) is 11.2. The number of nitrogens with zero attached hydrogens (tertiary/aromatic N) is 4. The van der Waals surface area contributed by atoms with E-state index in [2.05, 4.69) is 40.4 Å². The summed E-state index contributed by atoms with van der Waals surface area (Å²) in [5, 5.41) is 12.9. The van der Waals surface area contributed by atoms with E-state index in [1.165, 1.54) is 11.1 Å². The van der Waals surface area contributed by atoms with Crippen molar-refractivity contribution in [3.05, 3.63) is 58.5 Å². The highest BCUT2D eigenvalue weighted by molar-refractivity contribution is 6.29. The van der Waals surface area contributed by atoms with Gasteiger partial charge in [0.05, 0.1) is 0 Å². The molecular weight excluding hydrogens is 248 g/mol. The van der Waals surface area contributed by atoms with Crippen LogP contribution in [-0.4, -0.2) is 19.8 Å². The van der Waals surface area contributed by atoms with Gasteiger partial charge in [0.25, 0.3) is 0 Å². The van der Waals surface area contributed by atoms with Gasteiger partial charge in [0, 0.05) is 6.42 Å². The molecule has 0 fully saturated rings. The van der Waals surface area contributed by atoms with Crippen LogP contribution >= 0.6 is 11.6 Å². The Labute approximate surface area is 109 Å². The molecule has 0 spiro atoms. The third-order valence-electron chi connectivity index (χ3n) is 2.74. The van der Waals surface area contributed by atoms with Crippen molar-refractivity contribution >= 4 is 17.2 Å². The molecule has 0 aliphatic carbocycles. The van der Waals surface area contributed by atoms with E-state index in [0.29, 0.717) is 17.2 Å². The molecule has 0 aliphatic heterocycles.